The Balaban J connectivity index is 2.63. The van der Waals surface area contributed by atoms with E-state index in [4.69, 9.17) is 15.6 Å². The van der Waals surface area contributed by atoms with E-state index in [1.807, 2.05) is 0 Å². The number of carbonyl (C=O) groups is 3. The van der Waals surface area contributed by atoms with Gasteiger partial charge in [0.15, 0.2) is 6.10 Å². The number of nitrogens with two attached hydrogens (primary N) is 1. The second-order valence-corrected chi connectivity index (χ2v) is 3.75. The predicted molar refractivity (Wildman–Crippen MR) is 66.6 cm³/mol. The number of aliphatic carboxylic acids is 1. The topological polar surface area (TPSA) is 119 Å². The van der Waals surface area contributed by atoms with Gasteiger partial charge in [0.1, 0.15) is 6.61 Å². The lowest BCUT2D eigenvalue weighted by Gasteiger charge is -2.10. The zero-order valence-electron chi connectivity index (χ0n) is 10.3. The van der Waals surface area contributed by atoms with Crippen molar-refractivity contribution in [3.05, 3.63) is 29.8 Å². The maximum Gasteiger partial charge on any atom is 0.332 e. The van der Waals surface area contributed by atoms with Crippen LogP contribution in [0.4, 0.5) is 5.69 Å². The summed E-state index contributed by atoms with van der Waals surface area (Å²) in [5.41, 5.74) is 5.58. The number of hydrogen-bond donors (Lipinski definition) is 3. The van der Waals surface area contributed by atoms with Gasteiger partial charge in [-0.3, -0.25) is 9.59 Å². The van der Waals surface area contributed by atoms with Crippen molar-refractivity contribution < 1.29 is 24.2 Å². The summed E-state index contributed by atoms with van der Waals surface area (Å²) in [6.45, 7) is 0.882. The molecule has 0 spiro atoms. The number of nitrogens with one attached hydrogen (secondary N) is 1. The fourth-order valence-corrected chi connectivity index (χ4v) is 1.27. The monoisotopic (exact) mass is 266 g/mol. The second kappa shape index (κ2) is 6.50. The van der Waals surface area contributed by atoms with E-state index >= 15 is 0 Å². The summed E-state index contributed by atoms with van der Waals surface area (Å²) in [5.74, 6) is -2.40. The number of para-hydroxylation sites is 1. The van der Waals surface area contributed by atoms with E-state index in [2.05, 4.69) is 5.32 Å². The Morgan fingerprint density at radius 1 is 1.37 bits per heavy atom. The number of hydrogen-bond acceptors (Lipinski definition) is 4. The number of ether oxygens (including phenoxy) is 1. The average Bonchev–Trinajstić information content (AvgIpc) is 2.36. The van der Waals surface area contributed by atoms with Crippen molar-refractivity contribution in [3.8, 4) is 0 Å². The molecule has 1 rings (SSSR count). The largest absolute Gasteiger partial charge is 0.479 e. The van der Waals surface area contributed by atoms with Gasteiger partial charge in [-0.05, 0) is 19.1 Å². The molecule has 0 aliphatic heterocycles. The Hall–Kier alpha value is -2.41. The molecule has 1 atom stereocenters. The molecule has 0 radical (unpaired) electrons. The third-order valence-corrected chi connectivity index (χ3v) is 2.28. The quantitative estimate of drug-likeness (QED) is 0.680. The van der Waals surface area contributed by atoms with E-state index in [0.717, 1.165) is 0 Å². The lowest BCUT2D eigenvalue weighted by atomic mass is 10.1. The number of primary amides is 1. The minimum Gasteiger partial charge on any atom is -0.479 e. The molecule has 0 aromatic heterocycles. The van der Waals surface area contributed by atoms with Gasteiger partial charge in [0, 0.05) is 0 Å². The number of amides is 2. The van der Waals surface area contributed by atoms with Gasteiger partial charge in [-0.2, -0.15) is 0 Å². The van der Waals surface area contributed by atoms with Crippen LogP contribution in [0.3, 0.4) is 0 Å². The zero-order chi connectivity index (χ0) is 14.4. The van der Waals surface area contributed by atoms with Crippen molar-refractivity contribution in [2.24, 2.45) is 5.73 Å². The maximum atomic E-state index is 11.5. The molecule has 0 bridgehead atoms. The summed E-state index contributed by atoms with van der Waals surface area (Å²) >= 11 is 0. The summed E-state index contributed by atoms with van der Waals surface area (Å²) < 4.78 is 4.81. The molecule has 0 aliphatic rings. The number of anilines is 1. The fourth-order valence-electron chi connectivity index (χ4n) is 1.27. The van der Waals surface area contributed by atoms with Crippen LogP contribution in [0.2, 0.25) is 0 Å². The molecule has 0 fully saturated rings. The van der Waals surface area contributed by atoms with Crippen molar-refractivity contribution in [2.45, 2.75) is 13.0 Å². The van der Waals surface area contributed by atoms with E-state index in [9.17, 15) is 14.4 Å². The molecule has 2 amide bonds. The second-order valence-electron chi connectivity index (χ2n) is 3.75. The standard InChI is InChI=1S/C12H14N2O5/c1-7(12(17)18)19-6-10(15)14-9-5-3-2-4-8(9)11(13)16/h2-5,7H,6H2,1H3,(H2,13,16)(H,14,15)(H,17,18)/t7-/m1/s1. The first-order chi connectivity index (χ1) is 8.91. The Morgan fingerprint density at radius 3 is 2.58 bits per heavy atom. The number of benzene rings is 1. The minimum absolute atomic E-state index is 0.169. The van der Waals surface area contributed by atoms with Crippen molar-refractivity contribution in [3.63, 3.8) is 0 Å². The molecular formula is C12H14N2O5. The molecule has 7 heteroatoms. The minimum atomic E-state index is -1.16. The van der Waals surface area contributed by atoms with Crippen LogP contribution in [-0.4, -0.2) is 35.6 Å². The highest BCUT2D eigenvalue weighted by atomic mass is 16.5. The summed E-state index contributed by atoms with van der Waals surface area (Å²) in [4.78, 5) is 33.1. The molecule has 0 saturated carbocycles. The van der Waals surface area contributed by atoms with Crippen molar-refractivity contribution in [1.82, 2.24) is 0 Å². The molecule has 0 aliphatic carbocycles. The van der Waals surface area contributed by atoms with E-state index in [0.29, 0.717) is 0 Å². The van der Waals surface area contributed by atoms with Gasteiger partial charge in [0.2, 0.25) is 5.91 Å². The highest BCUT2D eigenvalue weighted by molar-refractivity contribution is 6.03. The molecule has 7 nitrogen and oxygen atoms in total. The summed E-state index contributed by atoms with van der Waals surface area (Å²) in [6.07, 6.45) is -1.09. The smallest absolute Gasteiger partial charge is 0.332 e. The first kappa shape index (κ1) is 14.7. The highest BCUT2D eigenvalue weighted by Gasteiger charge is 2.14. The van der Waals surface area contributed by atoms with Crippen molar-refractivity contribution >= 4 is 23.5 Å². The molecule has 0 unspecified atom stereocenters. The van der Waals surface area contributed by atoms with Crippen LogP contribution < -0.4 is 11.1 Å². The van der Waals surface area contributed by atoms with E-state index in [1.165, 1.54) is 19.1 Å². The summed E-state index contributed by atoms with van der Waals surface area (Å²) in [5, 5.41) is 11.0. The van der Waals surface area contributed by atoms with Gasteiger partial charge in [-0.25, -0.2) is 4.79 Å². The third-order valence-electron chi connectivity index (χ3n) is 2.28. The van der Waals surface area contributed by atoms with E-state index in [1.54, 1.807) is 12.1 Å². The van der Waals surface area contributed by atoms with E-state index in [-0.39, 0.29) is 11.3 Å². The number of carbonyl (C=O) groups excluding carboxylic acids is 2. The molecule has 0 saturated heterocycles. The van der Waals surface area contributed by atoms with Crippen LogP contribution >= 0.6 is 0 Å². The summed E-state index contributed by atoms with van der Waals surface area (Å²) in [7, 11) is 0. The Labute approximate surface area is 109 Å². The summed E-state index contributed by atoms with van der Waals surface area (Å²) in [6, 6.07) is 6.22. The van der Waals surface area contributed by atoms with Gasteiger partial charge in [-0.1, -0.05) is 12.1 Å². The normalized spacial score (nSPS) is 11.6. The molecule has 102 valence electrons. The van der Waals surface area contributed by atoms with E-state index < -0.39 is 30.5 Å². The van der Waals surface area contributed by atoms with Crippen molar-refractivity contribution in [2.75, 3.05) is 11.9 Å². The molecule has 1 aromatic rings. The first-order valence-corrected chi connectivity index (χ1v) is 5.45. The van der Waals surface area contributed by atoms with Crippen LogP contribution in [0.5, 0.6) is 0 Å². The fraction of sp³-hybridized carbons (Fsp3) is 0.250. The Bertz CT molecular complexity index is 501. The van der Waals surface area contributed by atoms with Gasteiger partial charge >= 0.3 is 5.97 Å². The molecule has 4 N–H and O–H groups in total. The van der Waals surface area contributed by atoms with Crippen LogP contribution in [0.15, 0.2) is 24.3 Å². The van der Waals surface area contributed by atoms with Gasteiger partial charge in [0.25, 0.3) is 5.91 Å². The van der Waals surface area contributed by atoms with Crippen LogP contribution in [0, 0.1) is 0 Å². The molecule has 1 aromatic carbocycles. The van der Waals surface area contributed by atoms with Crippen molar-refractivity contribution in [1.29, 1.82) is 0 Å². The first-order valence-electron chi connectivity index (χ1n) is 5.45. The molecule has 0 heterocycles. The lowest BCUT2D eigenvalue weighted by Crippen LogP contribution is -2.27. The Morgan fingerprint density at radius 2 is 2.00 bits per heavy atom. The lowest BCUT2D eigenvalue weighted by molar-refractivity contribution is -0.150. The van der Waals surface area contributed by atoms with Crippen LogP contribution in [0.1, 0.15) is 17.3 Å². The van der Waals surface area contributed by atoms with Crippen LogP contribution in [-0.2, 0) is 14.3 Å². The molecular weight excluding hydrogens is 252 g/mol. The van der Waals surface area contributed by atoms with Crippen LogP contribution in [0.25, 0.3) is 0 Å². The average molecular weight is 266 g/mol. The van der Waals surface area contributed by atoms with Gasteiger partial charge < -0.3 is 20.9 Å². The van der Waals surface area contributed by atoms with Gasteiger partial charge in [0.05, 0.1) is 11.3 Å². The number of carboxylic acids is 1. The maximum absolute atomic E-state index is 11.5. The SMILES string of the molecule is C[C@@H](OCC(=O)Nc1ccccc1C(N)=O)C(=O)O. The Kier molecular flexibility index (Phi) is 5.01. The predicted octanol–water partition coefficient (Wildman–Crippen LogP) is 0.214. The third kappa shape index (κ3) is 4.40. The highest BCUT2D eigenvalue weighted by Crippen LogP contribution is 2.13. The zero-order valence-corrected chi connectivity index (χ0v) is 10.3. The number of rotatable bonds is 6. The molecule has 19 heavy (non-hydrogen) atoms. The van der Waals surface area contributed by atoms with Gasteiger partial charge in [-0.15, -0.1) is 0 Å². The number of carboxylic acid groups (broad SMARTS) is 1.